The number of nitrogens with zero attached hydrogens (tertiary/aromatic N) is 2. The fraction of sp³-hybridized carbons (Fsp3) is 0.286. The molecule has 2 aromatic rings. The Morgan fingerprint density at radius 1 is 1.47 bits per heavy atom. The van der Waals surface area contributed by atoms with Crippen molar-refractivity contribution in [3.8, 4) is 5.75 Å². The van der Waals surface area contributed by atoms with Gasteiger partial charge in [-0.15, -0.1) is 11.3 Å². The Bertz CT molecular complexity index is 511. The van der Waals surface area contributed by atoms with E-state index in [1.165, 1.54) is 11.3 Å². The molecule has 0 radical (unpaired) electrons. The Hall–Kier alpha value is -1.88. The summed E-state index contributed by atoms with van der Waals surface area (Å²) in [7, 11) is 0. The molecule has 1 aromatic carbocycles. The number of ether oxygens (including phenoxy) is 1. The summed E-state index contributed by atoms with van der Waals surface area (Å²) in [6, 6.07) is 7.88. The van der Waals surface area contributed by atoms with Gasteiger partial charge in [-0.25, -0.2) is 4.98 Å². The summed E-state index contributed by atoms with van der Waals surface area (Å²) in [5, 5.41) is 6.83. The van der Waals surface area contributed by atoms with E-state index in [1.54, 1.807) is 12.4 Å². The predicted octanol–water partition coefficient (Wildman–Crippen LogP) is 3.77. The van der Waals surface area contributed by atoms with Crippen LogP contribution in [0.1, 0.15) is 25.3 Å². The van der Waals surface area contributed by atoms with Gasteiger partial charge in [0.2, 0.25) is 5.13 Å². The second-order valence-corrected chi connectivity index (χ2v) is 4.88. The lowest BCUT2D eigenvalue weighted by Crippen LogP contribution is -1.97. The molecule has 0 bridgehead atoms. The van der Waals surface area contributed by atoms with Crippen molar-refractivity contribution in [1.82, 2.24) is 4.98 Å². The quantitative estimate of drug-likeness (QED) is 0.475. The van der Waals surface area contributed by atoms with E-state index in [-0.39, 0.29) is 0 Å². The van der Waals surface area contributed by atoms with Gasteiger partial charge in [0, 0.05) is 11.6 Å². The Morgan fingerprint density at radius 3 is 3.21 bits per heavy atom. The van der Waals surface area contributed by atoms with Crippen molar-refractivity contribution in [3.63, 3.8) is 0 Å². The second-order valence-electron chi connectivity index (χ2n) is 3.98. The van der Waals surface area contributed by atoms with Gasteiger partial charge in [-0.1, -0.05) is 25.5 Å². The summed E-state index contributed by atoms with van der Waals surface area (Å²) in [6.45, 7) is 2.91. The third-order valence-corrected chi connectivity index (χ3v) is 3.11. The third kappa shape index (κ3) is 4.71. The van der Waals surface area contributed by atoms with Gasteiger partial charge in [-0.3, -0.25) is 5.43 Å². The lowest BCUT2D eigenvalue weighted by molar-refractivity contribution is 0.309. The Kier molecular flexibility index (Phi) is 5.37. The first kappa shape index (κ1) is 13.5. The maximum atomic E-state index is 5.65. The summed E-state index contributed by atoms with van der Waals surface area (Å²) >= 11 is 1.51. The lowest BCUT2D eigenvalue weighted by atomic mass is 10.2. The number of hydrogen-bond donors (Lipinski definition) is 1. The van der Waals surface area contributed by atoms with Gasteiger partial charge in [0.05, 0.1) is 12.8 Å². The topological polar surface area (TPSA) is 46.5 Å². The molecule has 0 aliphatic rings. The van der Waals surface area contributed by atoms with Crippen LogP contribution in [-0.2, 0) is 0 Å². The molecule has 1 aromatic heterocycles. The largest absolute Gasteiger partial charge is 0.494 e. The van der Waals surface area contributed by atoms with Crippen LogP contribution >= 0.6 is 11.3 Å². The molecule has 1 N–H and O–H groups in total. The van der Waals surface area contributed by atoms with Crippen LogP contribution in [0.4, 0.5) is 5.13 Å². The minimum atomic E-state index is 0.758. The Labute approximate surface area is 117 Å². The lowest BCUT2D eigenvalue weighted by Gasteiger charge is -2.05. The monoisotopic (exact) mass is 275 g/mol. The van der Waals surface area contributed by atoms with Crippen molar-refractivity contribution in [2.24, 2.45) is 5.10 Å². The molecule has 4 nitrogen and oxygen atoms in total. The zero-order valence-electron chi connectivity index (χ0n) is 10.9. The van der Waals surface area contributed by atoms with Gasteiger partial charge in [-0.2, -0.15) is 5.10 Å². The highest BCUT2D eigenvalue weighted by molar-refractivity contribution is 7.13. The number of rotatable bonds is 7. The molecule has 2 rings (SSSR count). The van der Waals surface area contributed by atoms with Crippen molar-refractivity contribution in [1.29, 1.82) is 0 Å². The maximum absolute atomic E-state index is 5.65. The van der Waals surface area contributed by atoms with Gasteiger partial charge in [-0.05, 0) is 24.1 Å². The molecule has 100 valence electrons. The van der Waals surface area contributed by atoms with Crippen LogP contribution in [0.3, 0.4) is 0 Å². The summed E-state index contributed by atoms with van der Waals surface area (Å²) in [6.07, 6.45) is 5.71. The van der Waals surface area contributed by atoms with E-state index < -0.39 is 0 Å². The minimum Gasteiger partial charge on any atom is -0.494 e. The second kappa shape index (κ2) is 7.53. The summed E-state index contributed by atoms with van der Waals surface area (Å²) in [5.74, 6) is 0.881. The van der Waals surface area contributed by atoms with Gasteiger partial charge in [0.1, 0.15) is 5.75 Å². The number of unbranched alkanes of at least 4 members (excludes halogenated alkanes) is 1. The van der Waals surface area contributed by atoms with Crippen LogP contribution < -0.4 is 10.2 Å². The molecule has 0 amide bonds. The van der Waals surface area contributed by atoms with Gasteiger partial charge in [0.15, 0.2) is 0 Å². The van der Waals surface area contributed by atoms with E-state index in [0.717, 1.165) is 35.9 Å². The molecule has 5 heteroatoms. The molecular weight excluding hydrogens is 258 g/mol. The molecule has 0 unspecified atom stereocenters. The number of nitrogens with one attached hydrogen (secondary N) is 1. The highest BCUT2D eigenvalue weighted by Crippen LogP contribution is 2.13. The van der Waals surface area contributed by atoms with Crippen LogP contribution in [0.2, 0.25) is 0 Å². The molecule has 0 atom stereocenters. The maximum Gasteiger partial charge on any atom is 0.203 e. The number of aromatic nitrogens is 1. The molecule has 19 heavy (non-hydrogen) atoms. The van der Waals surface area contributed by atoms with Crippen LogP contribution in [0.5, 0.6) is 5.75 Å². The van der Waals surface area contributed by atoms with Crippen LogP contribution in [0.15, 0.2) is 40.9 Å². The highest BCUT2D eigenvalue weighted by Gasteiger charge is 1.95. The zero-order valence-corrected chi connectivity index (χ0v) is 11.7. The molecule has 0 saturated heterocycles. The Morgan fingerprint density at radius 2 is 2.42 bits per heavy atom. The van der Waals surface area contributed by atoms with E-state index in [9.17, 15) is 0 Å². The molecule has 1 heterocycles. The van der Waals surface area contributed by atoms with E-state index in [1.807, 2.05) is 29.6 Å². The number of anilines is 1. The Balaban J connectivity index is 1.89. The fourth-order valence-electron chi connectivity index (χ4n) is 1.46. The number of benzene rings is 1. The van der Waals surface area contributed by atoms with Crippen LogP contribution in [0.25, 0.3) is 0 Å². The van der Waals surface area contributed by atoms with Gasteiger partial charge < -0.3 is 4.74 Å². The highest BCUT2D eigenvalue weighted by atomic mass is 32.1. The minimum absolute atomic E-state index is 0.758. The smallest absolute Gasteiger partial charge is 0.203 e. The average molecular weight is 275 g/mol. The fourth-order valence-corrected chi connectivity index (χ4v) is 1.94. The van der Waals surface area contributed by atoms with Gasteiger partial charge in [0.25, 0.3) is 0 Å². The molecular formula is C14H17N3OS. The molecule has 0 spiro atoms. The van der Waals surface area contributed by atoms with E-state index in [0.29, 0.717) is 0 Å². The zero-order chi connectivity index (χ0) is 13.3. The van der Waals surface area contributed by atoms with Crippen molar-refractivity contribution in [3.05, 3.63) is 41.4 Å². The third-order valence-electron chi connectivity index (χ3n) is 2.43. The molecule has 0 aliphatic heterocycles. The number of hydrazone groups is 1. The van der Waals surface area contributed by atoms with E-state index in [4.69, 9.17) is 4.74 Å². The first-order valence-corrected chi connectivity index (χ1v) is 7.18. The number of thiazole rings is 1. The summed E-state index contributed by atoms with van der Waals surface area (Å²) in [5.41, 5.74) is 3.88. The number of hydrogen-bond acceptors (Lipinski definition) is 5. The standard InChI is InChI=1S/C14H17N3OS/c1-2-3-8-18-13-6-4-5-12(10-13)11-16-17-14-15-7-9-19-14/h4-7,9-11H,2-3,8H2,1H3,(H,15,17)/b16-11-. The molecule has 0 fully saturated rings. The van der Waals surface area contributed by atoms with Crippen LogP contribution in [-0.4, -0.2) is 17.8 Å². The van der Waals surface area contributed by atoms with Crippen molar-refractivity contribution in [2.45, 2.75) is 19.8 Å². The summed E-state index contributed by atoms with van der Waals surface area (Å²) < 4.78 is 5.65. The first-order chi connectivity index (χ1) is 9.38. The normalized spacial score (nSPS) is 10.8. The van der Waals surface area contributed by atoms with E-state index >= 15 is 0 Å². The molecule has 0 saturated carbocycles. The van der Waals surface area contributed by atoms with Crippen molar-refractivity contribution >= 4 is 22.7 Å². The van der Waals surface area contributed by atoms with E-state index in [2.05, 4.69) is 22.4 Å². The average Bonchev–Trinajstić information content (AvgIpc) is 2.93. The van der Waals surface area contributed by atoms with Crippen LogP contribution in [0, 0.1) is 0 Å². The SMILES string of the molecule is CCCCOc1cccc(/C=N\Nc2nccs2)c1. The van der Waals surface area contributed by atoms with Gasteiger partial charge >= 0.3 is 0 Å². The predicted molar refractivity (Wildman–Crippen MR) is 80.2 cm³/mol. The van der Waals surface area contributed by atoms with Crippen molar-refractivity contribution < 1.29 is 4.74 Å². The van der Waals surface area contributed by atoms with Crippen molar-refractivity contribution in [2.75, 3.05) is 12.0 Å². The molecule has 0 aliphatic carbocycles. The summed E-state index contributed by atoms with van der Waals surface area (Å²) in [4.78, 5) is 4.08. The first-order valence-electron chi connectivity index (χ1n) is 6.30.